The molecule has 3 aromatic carbocycles. The Kier molecular flexibility index (Phi) is 6.17. The van der Waals surface area contributed by atoms with Crippen molar-refractivity contribution in [2.45, 2.75) is 12.6 Å². The minimum absolute atomic E-state index is 0.373. The molecule has 5 rings (SSSR count). The minimum atomic E-state index is -4.44. The molecule has 0 saturated carbocycles. The van der Waals surface area contributed by atoms with E-state index in [0.717, 1.165) is 40.6 Å². The number of nitrogens with one attached hydrogen (secondary N) is 1. The van der Waals surface area contributed by atoms with Gasteiger partial charge in [-0.25, -0.2) is 9.97 Å². The first-order valence-corrected chi connectivity index (χ1v) is 11.4. The highest BCUT2D eigenvalue weighted by Gasteiger charge is 2.30. The van der Waals surface area contributed by atoms with Crippen LogP contribution in [0.15, 0.2) is 91.4 Å². The standard InChI is InChI=1S/C27H20ClF3N4/c28-21-11-9-18(10-12-21)13-14-32-25-24-23(19-5-2-1-3-6-19)16-35(26(24)34-17-33-25)22-8-4-7-20(15-22)27(29,30)31/h1-12,15-17H,13-14H2,(H,32,33,34). The van der Waals surface area contributed by atoms with Gasteiger partial charge in [0, 0.05) is 29.0 Å². The zero-order chi connectivity index (χ0) is 24.4. The third-order valence-electron chi connectivity index (χ3n) is 5.74. The number of benzene rings is 3. The molecule has 0 spiro atoms. The van der Waals surface area contributed by atoms with Crippen molar-refractivity contribution in [3.63, 3.8) is 0 Å². The fourth-order valence-corrected chi connectivity index (χ4v) is 4.16. The van der Waals surface area contributed by atoms with E-state index in [0.29, 0.717) is 28.7 Å². The van der Waals surface area contributed by atoms with Gasteiger partial charge in [-0.2, -0.15) is 13.2 Å². The summed E-state index contributed by atoms with van der Waals surface area (Å²) in [6.45, 7) is 0.608. The predicted molar refractivity (Wildman–Crippen MR) is 133 cm³/mol. The number of fused-ring (bicyclic) bond motifs is 1. The normalized spacial score (nSPS) is 11.7. The van der Waals surface area contributed by atoms with E-state index < -0.39 is 11.7 Å². The van der Waals surface area contributed by atoms with Crippen molar-refractivity contribution in [1.29, 1.82) is 0 Å². The van der Waals surface area contributed by atoms with Crippen molar-refractivity contribution in [1.82, 2.24) is 14.5 Å². The Hall–Kier alpha value is -3.84. The molecule has 5 aromatic rings. The molecule has 176 valence electrons. The molecule has 35 heavy (non-hydrogen) atoms. The van der Waals surface area contributed by atoms with Crippen molar-refractivity contribution in [3.8, 4) is 16.8 Å². The topological polar surface area (TPSA) is 42.7 Å². The highest BCUT2D eigenvalue weighted by Crippen LogP contribution is 2.36. The number of hydrogen-bond acceptors (Lipinski definition) is 3. The van der Waals surface area contributed by atoms with Crippen LogP contribution in [-0.4, -0.2) is 21.1 Å². The number of aromatic nitrogens is 3. The molecule has 2 heterocycles. The zero-order valence-corrected chi connectivity index (χ0v) is 19.2. The summed E-state index contributed by atoms with van der Waals surface area (Å²) < 4.78 is 41.8. The van der Waals surface area contributed by atoms with Gasteiger partial charge in [0.1, 0.15) is 12.1 Å². The average Bonchev–Trinajstić information content (AvgIpc) is 3.26. The molecule has 0 radical (unpaired) electrons. The summed E-state index contributed by atoms with van der Waals surface area (Å²) in [5.74, 6) is 0.619. The smallest absolute Gasteiger partial charge is 0.369 e. The van der Waals surface area contributed by atoms with Gasteiger partial charge >= 0.3 is 6.18 Å². The van der Waals surface area contributed by atoms with E-state index in [2.05, 4.69) is 15.3 Å². The molecular formula is C27H20ClF3N4. The van der Waals surface area contributed by atoms with Gasteiger partial charge in [-0.3, -0.25) is 0 Å². The van der Waals surface area contributed by atoms with Gasteiger partial charge in [-0.05, 0) is 47.9 Å². The zero-order valence-electron chi connectivity index (χ0n) is 18.4. The Labute approximate surface area is 205 Å². The molecular weight excluding hydrogens is 473 g/mol. The summed E-state index contributed by atoms with van der Waals surface area (Å²) in [4.78, 5) is 8.91. The first-order chi connectivity index (χ1) is 16.9. The van der Waals surface area contributed by atoms with Gasteiger partial charge in [0.2, 0.25) is 0 Å². The number of nitrogens with zero attached hydrogens (tertiary/aromatic N) is 3. The Morgan fingerprint density at radius 1 is 0.886 bits per heavy atom. The first kappa shape index (κ1) is 22.9. The van der Waals surface area contributed by atoms with Crippen LogP contribution in [0.4, 0.5) is 19.0 Å². The Balaban J connectivity index is 1.58. The quantitative estimate of drug-likeness (QED) is 0.268. The number of rotatable bonds is 6. The second-order valence-corrected chi connectivity index (χ2v) is 8.49. The molecule has 8 heteroatoms. The Morgan fingerprint density at radius 2 is 1.66 bits per heavy atom. The minimum Gasteiger partial charge on any atom is -0.369 e. The van der Waals surface area contributed by atoms with Crippen LogP contribution in [0.25, 0.3) is 27.8 Å². The van der Waals surface area contributed by atoms with Crippen molar-refractivity contribution in [2.24, 2.45) is 0 Å². The fourth-order valence-electron chi connectivity index (χ4n) is 4.04. The molecule has 0 aliphatic heterocycles. The average molecular weight is 493 g/mol. The maximum atomic E-state index is 13.4. The van der Waals surface area contributed by atoms with Gasteiger partial charge in [0.25, 0.3) is 0 Å². The fraction of sp³-hybridized carbons (Fsp3) is 0.111. The molecule has 0 fully saturated rings. The summed E-state index contributed by atoms with van der Waals surface area (Å²) in [6, 6.07) is 22.5. The van der Waals surface area contributed by atoms with Gasteiger partial charge in [-0.1, -0.05) is 60.1 Å². The van der Waals surface area contributed by atoms with E-state index in [1.54, 1.807) is 10.6 Å². The third kappa shape index (κ3) is 4.86. The maximum Gasteiger partial charge on any atom is 0.416 e. The highest BCUT2D eigenvalue weighted by atomic mass is 35.5. The molecule has 4 nitrogen and oxygen atoms in total. The van der Waals surface area contributed by atoms with E-state index in [-0.39, 0.29) is 0 Å². The number of alkyl halides is 3. The summed E-state index contributed by atoms with van der Waals surface area (Å²) in [7, 11) is 0. The van der Waals surface area contributed by atoms with Crippen LogP contribution in [0.2, 0.25) is 5.02 Å². The van der Waals surface area contributed by atoms with E-state index in [1.807, 2.05) is 60.8 Å². The number of anilines is 1. The lowest BCUT2D eigenvalue weighted by Crippen LogP contribution is -2.08. The van der Waals surface area contributed by atoms with Crippen LogP contribution in [-0.2, 0) is 12.6 Å². The second kappa shape index (κ2) is 9.43. The summed E-state index contributed by atoms with van der Waals surface area (Å²) >= 11 is 5.97. The van der Waals surface area contributed by atoms with Crippen LogP contribution >= 0.6 is 11.6 Å². The molecule has 0 unspecified atom stereocenters. The SMILES string of the molecule is FC(F)(F)c1cccc(-n2cc(-c3ccccc3)c3c(NCCc4ccc(Cl)cc4)ncnc32)c1. The molecule has 1 N–H and O–H groups in total. The molecule has 0 saturated heterocycles. The van der Waals surface area contributed by atoms with Crippen molar-refractivity contribution in [3.05, 3.63) is 108 Å². The lowest BCUT2D eigenvalue weighted by atomic mass is 10.1. The Bertz CT molecular complexity index is 1460. The maximum absolute atomic E-state index is 13.4. The molecule has 0 aliphatic rings. The van der Waals surface area contributed by atoms with Gasteiger partial charge in [-0.15, -0.1) is 0 Å². The monoisotopic (exact) mass is 492 g/mol. The number of halogens is 4. The lowest BCUT2D eigenvalue weighted by molar-refractivity contribution is -0.137. The van der Waals surface area contributed by atoms with Crippen molar-refractivity contribution < 1.29 is 13.2 Å². The van der Waals surface area contributed by atoms with Crippen molar-refractivity contribution >= 4 is 28.5 Å². The van der Waals surface area contributed by atoms with Gasteiger partial charge in [0.15, 0.2) is 5.65 Å². The molecule has 2 aromatic heterocycles. The lowest BCUT2D eigenvalue weighted by Gasteiger charge is -2.11. The van der Waals surface area contributed by atoms with Crippen molar-refractivity contribution in [2.75, 3.05) is 11.9 Å². The molecule has 0 amide bonds. The molecule has 0 bridgehead atoms. The van der Waals surface area contributed by atoms with E-state index >= 15 is 0 Å². The summed E-state index contributed by atoms with van der Waals surface area (Å²) in [5, 5.41) is 4.81. The van der Waals surface area contributed by atoms with Crippen LogP contribution in [0.1, 0.15) is 11.1 Å². The Morgan fingerprint density at radius 3 is 2.40 bits per heavy atom. The van der Waals surface area contributed by atoms with Gasteiger partial charge in [0.05, 0.1) is 10.9 Å². The largest absolute Gasteiger partial charge is 0.416 e. The van der Waals surface area contributed by atoms with E-state index in [9.17, 15) is 13.2 Å². The molecule has 0 aliphatic carbocycles. The van der Waals surface area contributed by atoms with Crippen LogP contribution < -0.4 is 5.32 Å². The summed E-state index contributed by atoms with van der Waals surface area (Å²) in [5.41, 5.74) is 3.04. The number of hydrogen-bond donors (Lipinski definition) is 1. The van der Waals surface area contributed by atoms with Crippen LogP contribution in [0.5, 0.6) is 0 Å². The predicted octanol–water partition coefficient (Wildman–Crippen LogP) is 7.41. The van der Waals surface area contributed by atoms with E-state index in [1.165, 1.54) is 12.4 Å². The first-order valence-electron chi connectivity index (χ1n) is 11.0. The molecule has 0 atom stereocenters. The van der Waals surface area contributed by atoms with Crippen LogP contribution in [0.3, 0.4) is 0 Å². The van der Waals surface area contributed by atoms with E-state index in [4.69, 9.17) is 11.6 Å². The van der Waals surface area contributed by atoms with Gasteiger partial charge < -0.3 is 9.88 Å². The highest BCUT2D eigenvalue weighted by molar-refractivity contribution is 6.30. The third-order valence-corrected chi connectivity index (χ3v) is 5.99. The summed E-state index contributed by atoms with van der Waals surface area (Å²) in [6.07, 6.45) is -0.456. The van der Waals surface area contributed by atoms with Crippen LogP contribution in [0, 0.1) is 0 Å². The second-order valence-electron chi connectivity index (χ2n) is 8.05.